The highest BCUT2D eigenvalue weighted by molar-refractivity contribution is 5.94. The van der Waals surface area contributed by atoms with Crippen molar-refractivity contribution in [3.63, 3.8) is 0 Å². The number of amides is 1. The number of nitrogens with zero attached hydrogens (tertiary/aromatic N) is 1. The molecule has 3 aromatic rings. The van der Waals surface area contributed by atoms with Crippen LogP contribution in [0.1, 0.15) is 21.5 Å². The van der Waals surface area contributed by atoms with Gasteiger partial charge in [0.15, 0.2) is 0 Å². The molecule has 3 aromatic carbocycles. The summed E-state index contributed by atoms with van der Waals surface area (Å²) in [6.45, 7) is 6.71. The zero-order valence-electron chi connectivity index (χ0n) is 17.4. The summed E-state index contributed by atoms with van der Waals surface area (Å²) < 4.78 is 5.31. The highest BCUT2D eigenvalue weighted by Gasteiger charge is 2.18. The molecule has 1 saturated heterocycles. The molecule has 4 rings (SSSR count). The molecular weight excluding hydrogens is 374 g/mol. The summed E-state index contributed by atoms with van der Waals surface area (Å²) in [5, 5.41) is 3.35. The maximum Gasteiger partial charge on any atom is 0.254 e. The number of benzene rings is 3. The van der Waals surface area contributed by atoms with Gasteiger partial charge in [-0.1, -0.05) is 24.3 Å². The maximum atomic E-state index is 12.6. The Labute approximate surface area is 177 Å². The van der Waals surface area contributed by atoms with Crippen LogP contribution in [0.15, 0.2) is 60.7 Å². The third-order valence-corrected chi connectivity index (χ3v) is 5.60. The molecule has 0 atom stereocenters. The van der Waals surface area contributed by atoms with Gasteiger partial charge in [-0.2, -0.15) is 0 Å². The van der Waals surface area contributed by atoms with Crippen molar-refractivity contribution >= 4 is 23.0 Å². The predicted molar refractivity (Wildman–Crippen MR) is 122 cm³/mol. The number of aryl methyl sites for hydroxylation is 2. The second kappa shape index (κ2) is 8.59. The van der Waals surface area contributed by atoms with Crippen LogP contribution < -0.4 is 11.1 Å². The average molecular weight is 402 g/mol. The van der Waals surface area contributed by atoms with E-state index in [2.05, 4.69) is 43.4 Å². The number of carbonyl (C=O) groups excluding carboxylic acids is 1. The molecule has 0 unspecified atom stereocenters. The number of nitrogens with two attached hydrogens (primary N) is 1. The molecule has 0 spiro atoms. The predicted octanol–water partition coefficient (Wildman–Crippen LogP) is 4.77. The molecule has 5 nitrogen and oxygen atoms in total. The van der Waals surface area contributed by atoms with E-state index in [1.807, 2.05) is 41.3 Å². The Hall–Kier alpha value is -3.31. The summed E-state index contributed by atoms with van der Waals surface area (Å²) in [7, 11) is 0. The maximum absolute atomic E-state index is 12.6. The van der Waals surface area contributed by atoms with Crippen LogP contribution in [-0.4, -0.2) is 37.1 Å². The van der Waals surface area contributed by atoms with E-state index in [9.17, 15) is 4.79 Å². The van der Waals surface area contributed by atoms with Gasteiger partial charge in [0.1, 0.15) is 0 Å². The van der Waals surface area contributed by atoms with Crippen molar-refractivity contribution in [2.45, 2.75) is 13.8 Å². The van der Waals surface area contributed by atoms with Gasteiger partial charge in [-0.3, -0.25) is 4.79 Å². The molecule has 1 amide bonds. The van der Waals surface area contributed by atoms with E-state index in [4.69, 9.17) is 10.5 Å². The van der Waals surface area contributed by atoms with Crippen molar-refractivity contribution in [2.24, 2.45) is 0 Å². The Bertz CT molecular complexity index is 1050. The Morgan fingerprint density at radius 3 is 2.23 bits per heavy atom. The van der Waals surface area contributed by atoms with Crippen LogP contribution in [0, 0.1) is 13.8 Å². The second-order valence-corrected chi connectivity index (χ2v) is 7.71. The fourth-order valence-electron chi connectivity index (χ4n) is 3.58. The van der Waals surface area contributed by atoms with Crippen LogP contribution in [0.2, 0.25) is 0 Å². The van der Waals surface area contributed by atoms with E-state index in [0.717, 1.165) is 22.5 Å². The van der Waals surface area contributed by atoms with Crippen molar-refractivity contribution in [3.05, 3.63) is 77.4 Å². The number of carbonyl (C=O) groups is 1. The lowest BCUT2D eigenvalue weighted by molar-refractivity contribution is 0.0303. The molecule has 0 bridgehead atoms. The fraction of sp³-hybridized carbons (Fsp3) is 0.240. The van der Waals surface area contributed by atoms with Gasteiger partial charge in [0.2, 0.25) is 0 Å². The third kappa shape index (κ3) is 4.31. The standard InChI is InChI=1S/C25H27N3O2/c1-17-3-4-20(15-18(17)2)21-7-10-24(23(26)16-21)27-22-8-5-19(6-9-22)25(29)28-11-13-30-14-12-28/h3-10,15-16,27H,11-14,26H2,1-2H3. The summed E-state index contributed by atoms with van der Waals surface area (Å²) in [5.41, 5.74) is 14.2. The molecule has 0 saturated carbocycles. The number of morpholine rings is 1. The molecule has 1 aliphatic rings. The highest BCUT2D eigenvalue weighted by Crippen LogP contribution is 2.30. The number of ether oxygens (including phenoxy) is 1. The van der Waals surface area contributed by atoms with E-state index in [-0.39, 0.29) is 5.91 Å². The Morgan fingerprint density at radius 1 is 0.900 bits per heavy atom. The third-order valence-electron chi connectivity index (χ3n) is 5.60. The van der Waals surface area contributed by atoms with Crippen molar-refractivity contribution in [3.8, 4) is 11.1 Å². The number of hydrogen-bond donors (Lipinski definition) is 2. The van der Waals surface area contributed by atoms with Crippen LogP contribution in [-0.2, 0) is 4.74 Å². The Kier molecular flexibility index (Phi) is 5.72. The van der Waals surface area contributed by atoms with Gasteiger partial charge in [-0.15, -0.1) is 0 Å². The number of nitrogens with one attached hydrogen (secondary N) is 1. The van der Waals surface area contributed by atoms with Crippen LogP contribution in [0.4, 0.5) is 17.1 Å². The van der Waals surface area contributed by atoms with Gasteiger partial charge in [-0.25, -0.2) is 0 Å². The average Bonchev–Trinajstić information content (AvgIpc) is 2.77. The largest absolute Gasteiger partial charge is 0.397 e. The number of anilines is 3. The lowest BCUT2D eigenvalue weighted by Gasteiger charge is -2.26. The molecule has 0 aromatic heterocycles. The summed E-state index contributed by atoms with van der Waals surface area (Å²) in [5.74, 6) is 0.0436. The smallest absolute Gasteiger partial charge is 0.254 e. The minimum absolute atomic E-state index is 0.0436. The van der Waals surface area contributed by atoms with Crippen molar-refractivity contribution in [1.82, 2.24) is 4.90 Å². The van der Waals surface area contributed by atoms with Gasteiger partial charge in [0, 0.05) is 24.3 Å². The van der Waals surface area contributed by atoms with Gasteiger partial charge in [0.05, 0.1) is 24.6 Å². The molecule has 1 heterocycles. The van der Waals surface area contributed by atoms with Crippen LogP contribution in [0.25, 0.3) is 11.1 Å². The summed E-state index contributed by atoms with van der Waals surface area (Å²) in [4.78, 5) is 14.4. The molecule has 0 radical (unpaired) electrons. The summed E-state index contributed by atoms with van der Waals surface area (Å²) in [6.07, 6.45) is 0. The molecule has 0 aliphatic carbocycles. The zero-order valence-corrected chi connectivity index (χ0v) is 17.4. The monoisotopic (exact) mass is 401 g/mol. The van der Waals surface area contributed by atoms with Gasteiger partial charge < -0.3 is 20.7 Å². The van der Waals surface area contributed by atoms with Gasteiger partial charge in [0.25, 0.3) is 5.91 Å². The quantitative estimate of drug-likeness (QED) is 0.618. The molecule has 30 heavy (non-hydrogen) atoms. The van der Waals surface area contributed by atoms with Crippen LogP contribution in [0.3, 0.4) is 0 Å². The summed E-state index contributed by atoms with van der Waals surface area (Å²) >= 11 is 0. The minimum atomic E-state index is 0.0436. The lowest BCUT2D eigenvalue weighted by Crippen LogP contribution is -2.40. The highest BCUT2D eigenvalue weighted by atomic mass is 16.5. The zero-order chi connectivity index (χ0) is 21.1. The Morgan fingerprint density at radius 2 is 1.57 bits per heavy atom. The van der Waals surface area contributed by atoms with Crippen molar-refractivity contribution in [1.29, 1.82) is 0 Å². The first kappa shape index (κ1) is 20.0. The normalized spacial score (nSPS) is 13.9. The molecule has 1 fully saturated rings. The van der Waals surface area contributed by atoms with Crippen LogP contribution >= 0.6 is 0 Å². The van der Waals surface area contributed by atoms with Gasteiger partial charge in [-0.05, 0) is 72.5 Å². The van der Waals surface area contributed by atoms with Crippen LogP contribution in [0.5, 0.6) is 0 Å². The molecular formula is C25H27N3O2. The summed E-state index contributed by atoms with van der Waals surface area (Å²) in [6, 6.07) is 20.0. The Balaban J connectivity index is 1.47. The first-order chi connectivity index (χ1) is 14.5. The van der Waals surface area contributed by atoms with Crippen molar-refractivity contribution in [2.75, 3.05) is 37.4 Å². The van der Waals surface area contributed by atoms with Crippen molar-refractivity contribution < 1.29 is 9.53 Å². The SMILES string of the molecule is Cc1ccc(-c2ccc(Nc3ccc(C(=O)N4CCOCC4)cc3)c(N)c2)cc1C. The topological polar surface area (TPSA) is 67.6 Å². The molecule has 154 valence electrons. The lowest BCUT2D eigenvalue weighted by atomic mass is 10.00. The molecule has 3 N–H and O–H groups in total. The van der Waals surface area contributed by atoms with Gasteiger partial charge >= 0.3 is 0 Å². The van der Waals surface area contributed by atoms with E-state index in [1.54, 1.807) is 0 Å². The number of nitrogen functional groups attached to an aromatic ring is 1. The fourth-order valence-corrected chi connectivity index (χ4v) is 3.58. The number of hydrogen-bond acceptors (Lipinski definition) is 4. The molecule has 1 aliphatic heterocycles. The van der Waals surface area contributed by atoms with E-state index in [1.165, 1.54) is 11.1 Å². The first-order valence-electron chi connectivity index (χ1n) is 10.2. The molecule has 5 heteroatoms. The minimum Gasteiger partial charge on any atom is -0.397 e. The first-order valence-corrected chi connectivity index (χ1v) is 10.2. The second-order valence-electron chi connectivity index (χ2n) is 7.71. The van der Waals surface area contributed by atoms with E-state index >= 15 is 0 Å². The van der Waals surface area contributed by atoms with E-state index < -0.39 is 0 Å². The van der Waals surface area contributed by atoms with E-state index in [0.29, 0.717) is 37.6 Å². The number of rotatable bonds is 4.